The molecule has 6 unspecified atom stereocenters. The number of ether oxygens (including phenoxy) is 3. The van der Waals surface area contributed by atoms with Gasteiger partial charge in [-0.1, -0.05) is 72.6 Å². The number of hydrogen-bond donors (Lipinski definition) is 2. The molecule has 4 aliphatic rings. The van der Waals surface area contributed by atoms with Crippen molar-refractivity contribution in [2.45, 2.75) is 93.6 Å². The number of carbonyl (C=O) groups excluding carboxylic acids is 1. The molecule has 2 saturated carbocycles. The van der Waals surface area contributed by atoms with Gasteiger partial charge >= 0.3 is 0 Å². The molecule has 9 nitrogen and oxygen atoms in total. The number of thioether (sulfide) groups is 1. The van der Waals surface area contributed by atoms with Crippen molar-refractivity contribution in [2.75, 3.05) is 26.1 Å². The van der Waals surface area contributed by atoms with E-state index in [1.807, 2.05) is 77.9 Å². The van der Waals surface area contributed by atoms with E-state index in [4.69, 9.17) is 24.2 Å². The fourth-order valence-electron chi connectivity index (χ4n) is 9.94. The molecule has 332 valence electrons. The van der Waals surface area contributed by atoms with Gasteiger partial charge in [-0.3, -0.25) is 4.79 Å². The zero-order valence-corrected chi connectivity index (χ0v) is 36.9. The van der Waals surface area contributed by atoms with Crippen molar-refractivity contribution in [3.63, 3.8) is 0 Å². The van der Waals surface area contributed by atoms with Gasteiger partial charge in [0.1, 0.15) is 35.7 Å². The second-order valence-electron chi connectivity index (χ2n) is 17.2. The second-order valence-corrected chi connectivity index (χ2v) is 18.1. The maximum atomic E-state index is 14.8. The first-order chi connectivity index (χ1) is 30.8. The van der Waals surface area contributed by atoms with Crippen LogP contribution < -0.4 is 9.47 Å². The van der Waals surface area contributed by atoms with E-state index in [-0.39, 0.29) is 74.8 Å². The van der Waals surface area contributed by atoms with Crippen molar-refractivity contribution in [2.24, 2.45) is 28.8 Å². The first kappa shape index (κ1) is 44.7. The smallest absolute Gasteiger partial charge is 0.239 e. The number of rotatable bonds is 21. The molecular formula is C52H59FN2O7S. The highest BCUT2D eigenvalue weighted by atomic mass is 32.2. The lowest BCUT2D eigenvalue weighted by atomic mass is 9.55. The normalized spacial score (nSPS) is 24.1. The fourth-order valence-corrected chi connectivity index (χ4v) is 10.4. The van der Waals surface area contributed by atoms with Crippen molar-refractivity contribution >= 4 is 23.4 Å². The van der Waals surface area contributed by atoms with Crippen molar-refractivity contribution in [1.29, 1.82) is 0 Å². The van der Waals surface area contributed by atoms with Gasteiger partial charge < -0.3 is 34.2 Å². The number of carbonyl (C=O) groups is 1. The molecule has 4 aromatic carbocycles. The number of oxime groups is 1. The number of unbranched alkanes of at least 4 members (excludes halogenated alkanes) is 2. The van der Waals surface area contributed by atoms with Gasteiger partial charge in [0.25, 0.3) is 0 Å². The van der Waals surface area contributed by atoms with E-state index in [1.165, 1.54) is 12.1 Å². The van der Waals surface area contributed by atoms with Crippen LogP contribution in [-0.2, 0) is 27.5 Å². The minimum absolute atomic E-state index is 0.00209. The summed E-state index contributed by atoms with van der Waals surface area (Å²) >= 11 is 1.67. The van der Waals surface area contributed by atoms with Crippen molar-refractivity contribution < 1.29 is 38.4 Å². The Bertz CT molecular complexity index is 2230. The average Bonchev–Trinajstić information content (AvgIpc) is 4.16. The molecule has 0 saturated heterocycles. The van der Waals surface area contributed by atoms with E-state index in [0.29, 0.717) is 24.3 Å². The van der Waals surface area contributed by atoms with Gasteiger partial charge in [0.05, 0.1) is 18.2 Å². The fraction of sp³-hybridized carbons (Fsp3) is 0.423. The van der Waals surface area contributed by atoms with Gasteiger partial charge in [-0.2, -0.15) is 0 Å². The number of nitrogens with zero attached hydrogens (tertiary/aromatic N) is 2. The van der Waals surface area contributed by atoms with Crippen LogP contribution in [0.1, 0.15) is 80.4 Å². The molecule has 1 aliphatic heterocycles. The molecule has 0 spiro atoms. The summed E-state index contributed by atoms with van der Waals surface area (Å²) in [6.07, 6.45) is 12.6. The SMILES string of the molecule is C=CCOC12Oc3ccc(Oc4ccc(SC)cc4)cc3C3C(CCCCO)C(CCCCO)C=C(C(=NOCc4ccccc4)CC1N(Cc1ccc(F)cc1)C(=O)C1CC1)C32. The lowest BCUT2D eigenvalue weighted by Gasteiger charge is -2.60. The van der Waals surface area contributed by atoms with E-state index in [9.17, 15) is 19.4 Å². The molecule has 1 amide bonds. The number of aliphatic hydroxyl groups is 2. The van der Waals surface area contributed by atoms with E-state index in [1.54, 1.807) is 30.0 Å². The third-order valence-corrected chi connectivity index (χ3v) is 13.8. The predicted octanol–water partition coefficient (Wildman–Crippen LogP) is 10.6. The van der Waals surface area contributed by atoms with Crippen LogP contribution in [0.15, 0.2) is 131 Å². The van der Waals surface area contributed by atoms with Crippen molar-refractivity contribution in [3.8, 4) is 17.2 Å². The van der Waals surface area contributed by atoms with Gasteiger partial charge in [0.2, 0.25) is 11.7 Å². The predicted molar refractivity (Wildman–Crippen MR) is 244 cm³/mol. The van der Waals surface area contributed by atoms with Gasteiger partial charge in [-0.25, -0.2) is 4.39 Å². The second kappa shape index (κ2) is 20.7. The van der Waals surface area contributed by atoms with Crippen LogP contribution in [0.5, 0.6) is 17.2 Å². The highest BCUT2D eigenvalue weighted by Gasteiger charge is 2.66. The quantitative estimate of drug-likeness (QED) is 0.0369. The van der Waals surface area contributed by atoms with Gasteiger partial charge in [0.15, 0.2) is 0 Å². The molecule has 2 N–H and O–H groups in total. The number of hydrogen-bond acceptors (Lipinski definition) is 9. The van der Waals surface area contributed by atoms with Gasteiger partial charge in [-0.15, -0.1) is 18.3 Å². The first-order valence-electron chi connectivity index (χ1n) is 22.5. The van der Waals surface area contributed by atoms with E-state index in [2.05, 4.69) is 18.7 Å². The Hall–Kier alpha value is -4.94. The minimum Gasteiger partial charge on any atom is -0.459 e. The molecule has 0 radical (unpaired) electrons. The number of allylic oxidation sites excluding steroid dienone is 1. The van der Waals surface area contributed by atoms with Crippen LogP contribution in [0.4, 0.5) is 4.39 Å². The molecule has 6 atom stereocenters. The average molecular weight is 875 g/mol. The first-order valence-corrected chi connectivity index (χ1v) is 23.7. The number of benzene rings is 4. The molecule has 1 heterocycles. The van der Waals surface area contributed by atoms with Crippen LogP contribution in [0.25, 0.3) is 0 Å². The molecule has 2 fully saturated rings. The summed E-state index contributed by atoms with van der Waals surface area (Å²) in [7, 11) is 0. The summed E-state index contributed by atoms with van der Waals surface area (Å²) in [6.45, 7) is 4.90. The minimum atomic E-state index is -1.40. The summed E-state index contributed by atoms with van der Waals surface area (Å²) in [5.74, 6) is -0.370. The number of aliphatic hydroxyl groups excluding tert-OH is 2. The van der Waals surface area contributed by atoms with Crippen molar-refractivity contribution in [1.82, 2.24) is 4.90 Å². The molecule has 0 aromatic heterocycles. The lowest BCUT2D eigenvalue weighted by Crippen LogP contribution is -2.70. The Morgan fingerprint density at radius 3 is 2.37 bits per heavy atom. The number of fused-ring (bicyclic) bond motifs is 2. The summed E-state index contributed by atoms with van der Waals surface area (Å²) in [4.78, 5) is 24.1. The van der Waals surface area contributed by atoms with E-state index < -0.39 is 17.7 Å². The topological polar surface area (TPSA) is 110 Å². The van der Waals surface area contributed by atoms with Crippen LogP contribution in [0, 0.1) is 29.5 Å². The Morgan fingerprint density at radius 2 is 1.67 bits per heavy atom. The van der Waals surface area contributed by atoms with Gasteiger partial charge in [0, 0.05) is 48.5 Å². The lowest BCUT2D eigenvalue weighted by molar-refractivity contribution is -0.258. The standard InChI is InChI=1S/C52H59FN2O7S/c1-3-29-59-52-48(55(51(58)37-17-18-37)33-35-15-19-39(53)20-16-35)32-46(54-60-34-36-11-5-4-6-12-36)44-30-38(13-7-9-27-56)43(14-8-10-28-57)49(50(44)52)45-31-41(23-26-47(45)62-52)61-40-21-24-42(63-2)25-22-40/h3-6,11-12,15-16,19-26,30-31,37-38,43,48-50,56-57H,1,7-10,13-14,17-18,27-29,32-34H2,2H3. The van der Waals surface area contributed by atoms with Crippen molar-refractivity contribution in [3.05, 3.63) is 144 Å². The Balaban J connectivity index is 1.32. The third-order valence-electron chi connectivity index (χ3n) is 13.0. The molecule has 11 heteroatoms. The highest BCUT2D eigenvalue weighted by molar-refractivity contribution is 7.98. The number of halogens is 1. The largest absolute Gasteiger partial charge is 0.459 e. The summed E-state index contributed by atoms with van der Waals surface area (Å²) < 4.78 is 35.5. The summed E-state index contributed by atoms with van der Waals surface area (Å²) in [5.41, 5.74) is 4.44. The zero-order chi connectivity index (χ0) is 43.8. The Kier molecular flexibility index (Phi) is 14.7. The zero-order valence-electron chi connectivity index (χ0n) is 36.1. The van der Waals surface area contributed by atoms with E-state index >= 15 is 0 Å². The Morgan fingerprint density at radius 1 is 0.937 bits per heavy atom. The maximum absolute atomic E-state index is 14.8. The number of amides is 1. The molecule has 8 rings (SSSR count). The molecule has 3 aliphatic carbocycles. The highest BCUT2D eigenvalue weighted by Crippen LogP contribution is 2.62. The monoisotopic (exact) mass is 874 g/mol. The van der Waals surface area contributed by atoms with Gasteiger partial charge in [-0.05, 0) is 128 Å². The Labute approximate surface area is 375 Å². The van der Waals surface area contributed by atoms with Crippen LogP contribution in [-0.4, -0.2) is 64.6 Å². The van der Waals surface area contributed by atoms with Crippen LogP contribution >= 0.6 is 11.8 Å². The van der Waals surface area contributed by atoms with E-state index in [0.717, 1.165) is 77.1 Å². The summed E-state index contributed by atoms with van der Waals surface area (Å²) in [5, 5.41) is 24.9. The molecular weight excluding hydrogens is 816 g/mol. The van der Waals surface area contributed by atoms with Crippen LogP contribution in [0.3, 0.4) is 0 Å². The third kappa shape index (κ3) is 10.1. The maximum Gasteiger partial charge on any atom is 0.239 e. The van der Waals surface area contributed by atoms with Crippen LogP contribution in [0.2, 0.25) is 0 Å². The molecule has 4 aromatic rings. The summed E-state index contributed by atoms with van der Waals surface area (Å²) in [6, 6.07) is 29.6. The molecule has 0 bridgehead atoms. The molecule has 63 heavy (non-hydrogen) atoms.